The molecule has 0 aliphatic rings. The highest BCUT2D eigenvalue weighted by atomic mass is 16.5. The van der Waals surface area contributed by atoms with Gasteiger partial charge in [-0.15, -0.1) is 0 Å². The van der Waals surface area contributed by atoms with E-state index in [9.17, 15) is 0 Å². The van der Waals surface area contributed by atoms with Gasteiger partial charge in [-0.2, -0.15) is 0 Å². The Kier molecular flexibility index (Phi) is 4.34. The van der Waals surface area contributed by atoms with Crippen molar-refractivity contribution in [2.24, 2.45) is 0 Å². The van der Waals surface area contributed by atoms with Gasteiger partial charge in [0, 0.05) is 0 Å². The van der Waals surface area contributed by atoms with Crippen molar-refractivity contribution < 1.29 is 9.47 Å². The Morgan fingerprint density at radius 2 is 1.73 bits per heavy atom. The topological polar surface area (TPSA) is 44.2 Å². The number of methoxy groups -OCH3 is 2. The number of rotatable bonds is 5. The van der Waals surface area contributed by atoms with Crippen LogP contribution in [0.25, 0.3) is 0 Å². The predicted molar refractivity (Wildman–Crippen MR) is 58.5 cm³/mol. The van der Waals surface area contributed by atoms with Crippen LogP contribution in [0.3, 0.4) is 0 Å². The van der Waals surface area contributed by atoms with Crippen molar-refractivity contribution in [1.29, 1.82) is 0 Å². The molecule has 0 saturated carbocycles. The minimum absolute atomic E-state index is 0.348. The van der Waals surface area contributed by atoms with Crippen LogP contribution >= 0.6 is 0 Å². The lowest BCUT2D eigenvalue weighted by Gasteiger charge is -2.15. The molecule has 1 aromatic rings. The largest absolute Gasteiger partial charge is 0.481 e. The van der Waals surface area contributed by atoms with Crippen LogP contribution in [-0.2, 0) is 0 Å². The Balaban J connectivity index is 3.09. The minimum Gasteiger partial charge on any atom is -0.481 e. The van der Waals surface area contributed by atoms with Gasteiger partial charge >= 0.3 is 0 Å². The second-order valence-electron chi connectivity index (χ2n) is 3.50. The van der Waals surface area contributed by atoms with Crippen molar-refractivity contribution >= 4 is 0 Å². The monoisotopic (exact) mass is 210 g/mol. The molecule has 15 heavy (non-hydrogen) atoms. The van der Waals surface area contributed by atoms with E-state index in [1.165, 1.54) is 6.33 Å². The van der Waals surface area contributed by atoms with Gasteiger partial charge < -0.3 is 9.47 Å². The lowest BCUT2D eigenvalue weighted by Crippen LogP contribution is -2.04. The van der Waals surface area contributed by atoms with Crippen molar-refractivity contribution in [1.82, 2.24) is 9.97 Å². The first-order valence-electron chi connectivity index (χ1n) is 5.17. The zero-order valence-corrected chi connectivity index (χ0v) is 9.78. The van der Waals surface area contributed by atoms with Crippen LogP contribution in [-0.4, -0.2) is 24.2 Å². The summed E-state index contributed by atoms with van der Waals surface area (Å²) in [6.45, 7) is 4.28. The molecule has 0 aliphatic heterocycles. The molecule has 0 saturated heterocycles. The summed E-state index contributed by atoms with van der Waals surface area (Å²) in [7, 11) is 3.23. The van der Waals surface area contributed by atoms with Crippen molar-refractivity contribution in [2.75, 3.05) is 14.2 Å². The van der Waals surface area contributed by atoms with Crippen LogP contribution < -0.4 is 9.47 Å². The molecule has 4 heteroatoms. The lowest BCUT2D eigenvalue weighted by molar-refractivity contribution is 0.355. The van der Waals surface area contributed by atoms with Crippen LogP contribution in [0.4, 0.5) is 0 Å². The van der Waals surface area contributed by atoms with E-state index in [2.05, 4.69) is 23.8 Å². The maximum absolute atomic E-state index is 5.22. The fourth-order valence-corrected chi connectivity index (χ4v) is 1.69. The van der Waals surface area contributed by atoms with Gasteiger partial charge in [-0.25, -0.2) is 9.97 Å². The summed E-state index contributed by atoms with van der Waals surface area (Å²) in [4.78, 5) is 8.19. The molecule has 0 aliphatic carbocycles. The highest BCUT2D eigenvalue weighted by Crippen LogP contribution is 2.33. The molecule has 0 bridgehead atoms. The molecule has 1 atom stereocenters. The zero-order chi connectivity index (χ0) is 11.3. The molecule has 0 amide bonds. The van der Waals surface area contributed by atoms with E-state index in [1.807, 2.05) is 0 Å². The highest BCUT2D eigenvalue weighted by Gasteiger charge is 2.18. The van der Waals surface area contributed by atoms with E-state index in [4.69, 9.17) is 9.47 Å². The van der Waals surface area contributed by atoms with Gasteiger partial charge in [0.25, 0.3) is 0 Å². The van der Waals surface area contributed by atoms with E-state index < -0.39 is 0 Å². The molecule has 0 radical (unpaired) electrons. The van der Waals surface area contributed by atoms with Gasteiger partial charge in [-0.05, 0) is 12.3 Å². The minimum atomic E-state index is 0.348. The van der Waals surface area contributed by atoms with Crippen LogP contribution in [0.2, 0.25) is 0 Å². The smallest absolute Gasteiger partial charge is 0.223 e. The van der Waals surface area contributed by atoms with Crippen LogP contribution in [0.15, 0.2) is 6.33 Å². The van der Waals surface area contributed by atoms with Gasteiger partial charge in [0.05, 0.1) is 19.8 Å². The van der Waals surface area contributed by atoms with E-state index >= 15 is 0 Å². The van der Waals surface area contributed by atoms with E-state index in [0.29, 0.717) is 17.7 Å². The Morgan fingerprint density at radius 1 is 1.20 bits per heavy atom. The van der Waals surface area contributed by atoms with E-state index in [-0.39, 0.29) is 0 Å². The van der Waals surface area contributed by atoms with Crippen molar-refractivity contribution in [3.63, 3.8) is 0 Å². The quantitative estimate of drug-likeness (QED) is 0.748. The summed E-state index contributed by atoms with van der Waals surface area (Å²) in [6, 6.07) is 0. The standard InChI is InChI=1S/C11H18N2O2/c1-5-6-8(2)9-10(14-3)12-7-13-11(9)15-4/h7-8H,5-6H2,1-4H3. The van der Waals surface area contributed by atoms with Gasteiger partial charge in [0.1, 0.15) is 6.33 Å². The number of nitrogens with zero attached hydrogens (tertiary/aromatic N) is 2. The summed E-state index contributed by atoms with van der Waals surface area (Å²) in [6.07, 6.45) is 3.64. The second-order valence-corrected chi connectivity index (χ2v) is 3.50. The lowest BCUT2D eigenvalue weighted by atomic mass is 9.98. The van der Waals surface area contributed by atoms with Gasteiger partial charge in [0.2, 0.25) is 11.8 Å². The van der Waals surface area contributed by atoms with E-state index in [1.54, 1.807) is 14.2 Å². The highest BCUT2D eigenvalue weighted by molar-refractivity contribution is 5.37. The molecule has 0 spiro atoms. The zero-order valence-electron chi connectivity index (χ0n) is 9.78. The first kappa shape index (κ1) is 11.8. The summed E-state index contributed by atoms with van der Waals surface area (Å²) in [5.41, 5.74) is 0.962. The van der Waals surface area contributed by atoms with Crippen LogP contribution in [0, 0.1) is 0 Å². The normalized spacial score (nSPS) is 12.3. The summed E-state index contributed by atoms with van der Waals surface area (Å²) < 4.78 is 10.4. The molecule has 1 unspecified atom stereocenters. The third-order valence-corrected chi connectivity index (χ3v) is 2.41. The van der Waals surface area contributed by atoms with Crippen molar-refractivity contribution in [3.8, 4) is 11.8 Å². The SMILES string of the molecule is CCCC(C)c1c(OC)ncnc1OC. The number of hydrogen-bond acceptors (Lipinski definition) is 4. The van der Waals surface area contributed by atoms with Gasteiger partial charge in [0.15, 0.2) is 0 Å². The Morgan fingerprint density at radius 3 is 2.13 bits per heavy atom. The molecule has 0 aromatic carbocycles. The summed E-state index contributed by atoms with van der Waals surface area (Å²) in [5, 5.41) is 0. The Hall–Kier alpha value is -1.32. The van der Waals surface area contributed by atoms with Crippen LogP contribution in [0.1, 0.15) is 38.2 Å². The first-order chi connectivity index (χ1) is 7.24. The molecule has 1 aromatic heterocycles. The van der Waals surface area contributed by atoms with Crippen LogP contribution in [0.5, 0.6) is 11.8 Å². The molecule has 0 fully saturated rings. The third-order valence-electron chi connectivity index (χ3n) is 2.41. The van der Waals surface area contributed by atoms with Crippen molar-refractivity contribution in [3.05, 3.63) is 11.9 Å². The fraction of sp³-hybridized carbons (Fsp3) is 0.636. The summed E-state index contributed by atoms with van der Waals surface area (Å²) in [5.74, 6) is 1.58. The molecular weight excluding hydrogens is 192 g/mol. The maximum atomic E-state index is 5.22. The van der Waals surface area contributed by atoms with Gasteiger partial charge in [-0.3, -0.25) is 0 Å². The number of aromatic nitrogens is 2. The molecule has 0 N–H and O–H groups in total. The Labute approximate surface area is 90.7 Å². The third kappa shape index (κ3) is 2.58. The van der Waals surface area contributed by atoms with E-state index in [0.717, 1.165) is 18.4 Å². The average Bonchev–Trinajstić information content (AvgIpc) is 2.28. The number of hydrogen-bond donors (Lipinski definition) is 0. The molecular formula is C11H18N2O2. The molecule has 4 nitrogen and oxygen atoms in total. The van der Waals surface area contributed by atoms with Crippen molar-refractivity contribution in [2.45, 2.75) is 32.6 Å². The molecule has 1 heterocycles. The predicted octanol–water partition coefficient (Wildman–Crippen LogP) is 2.40. The van der Waals surface area contributed by atoms with Gasteiger partial charge in [-0.1, -0.05) is 20.3 Å². The Bertz CT molecular complexity index is 293. The molecule has 84 valence electrons. The summed E-state index contributed by atoms with van der Waals surface area (Å²) >= 11 is 0. The maximum Gasteiger partial charge on any atom is 0.223 e. The average molecular weight is 210 g/mol. The molecule has 1 rings (SSSR count). The second kappa shape index (κ2) is 5.53. The fourth-order valence-electron chi connectivity index (χ4n) is 1.69. The number of ether oxygens (including phenoxy) is 2. The first-order valence-corrected chi connectivity index (χ1v) is 5.17.